The number of nitrogens with one attached hydrogen (secondary N) is 2. The Hall–Kier alpha value is -2.41. The average molecular weight is 360 g/mol. The van der Waals surface area contributed by atoms with E-state index in [4.69, 9.17) is 0 Å². The molecule has 2 N–H and O–H groups in total. The number of likely N-dealkylation sites (N-methyl/N-ethyl adjacent to an activating group) is 1. The van der Waals surface area contributed by atoms with Gasteiger partial charge in [0.05, 0.1) is 11.4 Å². The third-order valence-corrected chi connectivity index (χ3v) is 4.84. The van der Waals surface area contributed by atoms with Gasteiger partial charge in [-0.2, -0.15) is 0 Å². The van der Waals surface area contributed by atoms with Crippen molar-refractivity contribution in [3.05, 3.63) is 23.8 Å². The predicted molar refractivity (Wildman–Crippen MR) is 102 cm³/mol. The van der Waals surface area contributed by atoms with Gasteiger partial charge in [0.25, 0.3) is 0 Å². The van der Waals surface area contributed by atoms with E-state index in [2.05, 4.69) is 10.6 Å². The lowest BCUT2D eigenvalue weighted by molar-refractivity contribution is -0.134. The van der Waals surface area contributed by atoms with Crippen molar-refractivity contribution < 1.29 is 14.4 Å². The highest BCUT2D eigenvalue weighted by Crippen LogP contribution is 2.38. The maximum Gasteiger partial charge on any atom is 0.249 e. The van der Waals surface area contributed by atoms with E-state index >= 15 is 0 Å². The monoisotopic (exact) mass is 360 g/mol. The number of hydrogen-bond donors (Lipinski definition) is 2. The van der Waals surface area contributed by atoms with Gasteiger partial charge in [-0.15, -0.1) is 0 Å². The molecule has 7 nitrogen and oxygen atoms in total. The molecule has 2 aliphatic rings. The van der Waals surface area contributed by atoms with E-state index in [0.717, 1.165) is 36.4 Å². The van der Waals surface area contributed by atoms with Gasteiger partial charge >= 0.3 is 0 Å². The lowest BCUT2D eigenvalue weighted by atomic mass is 9.90. The minimum atomic E-state index is -0.420. The minimum Gasteiger partial charge on any atom is -0.361 e. The van der Waals surface area contributed by atoms with Crippen LogP contribution < -0.4 is 20.4 Å². The van der Waals surface area contributed by atoms with E-state index < -0.39 is 6.04 Å². The highest BCUT2D eigenvalue weighted by molar-refractivity contribution is 6.02. The first kappa shape index (κ1) is 19.9. The van der Waals surface area contributed by atoms with Crippen molar-refractivity contribution in [1.29, 1.82) is 0 Å². The number of imide groups is 1. The van der Waals surface area contributed by atoms with Crippen LogP contribution >= 0.6 is 0 Å². The average Bonchev–Trinajstić information content (AvgIpc) is 2.60. The van der Waals surface area contributed by atoms with Crippen molar-refractivity contribution >= 4 is 29.6 Å². The topological polar surface area (TPSA) is 81.8 Å². The smallest absolute Gasteiger partial charge is 0.249 e. The first-order valence-electron chi connectivity index (χ1n) is 9.11. The number of benzene rings is 1. The van der Waals surface area contributed by atoms with Gasteiger partial charge < -0.3 is 15.1 Å². The Balaban J connectivity index is 0.00000117. The van der Waals surface area contributed by atoms with Crippen molar-refractivity contribution in [2.45, 2.75) is 38.6 Å². The SMILES string of the molecule is CC.CN(C=O)c1c(C2CNC2)cccc1N(C)C1CCC(=O)NC1=O. The van der Waals surface area contributed by atoms with Crippen molar-refractivity contribution in [3.8, 4) is 0 Å². The van der Waals surface area contributed by atoms with Crippen molar-refractivity contribution in [2.24, 2.45) is 0 Å². The number of piperidine rings is 1. The van der Waals surface area contributed by atoms with Gasteiger partial charge in [0.15, 0.2) is 0 Å². The van der Waals surface area contributed by atoms with Gasteiger partial charge in [0.2, 0.25) is 18.2 Å². The molecule has 1 aromatic carbocycles. The molecule has 2 saturated heterocycles. The van der Waals surface area contributed by atoms with E-state index in [9.17, 15) is 14.4 Å². The fraction of sp³-hybridized carbons (Fsp3) is 0.526. The summed E-state index contributed by atoms with van der Waals surface area (Å²) < 4.78 is 0. The predicted octanol–water partition coefficient (Wildman–Crippen LogP) is 1.23. The van der Waals surface area contributed by atoms with Gasteiger partial charge in [-0.1, -0.05) is 26.0 Å². The number of anilines is 2. The number of rotatable bonds is 5. The normalized spacial score (nSPS) is 19.6. The van der Waals surface area contributed by atoms with Gasteiger partial charge in [-0.05, 0) is 18.1 Å². The molecule has 0 saturated carbocycles. The maximum atomic E-state index is 12.2. The summed E-state index contributed by atoms with van der Waals surface area (Å²) in [6.07, 6.45) is 1.58. The largest absolute Gasteiger partial charge is 0.361 e. The van der Waals surface area contributed by atoms with Crippen LogP contribution in [0, 0.1) is 0 Å². The quantitative estimate of drug-likeness (QED) is 0.610. The fourth-order valence-corrected chi connectivity index (χ4v) is 3.33. The van der Waals surface area contributed by atoms with Crippen LogP contribution in [0.2, 0.25) is 0 Å². The summed E-state index contributed by atoms with van der Waals surface area (Å²) in [6, 6.07) is 5.47. The molecular weight excluding hydrogens is 332 g/mol. The molecule has 1 unspecified atom stereocenters. The second-order valence-electron chi connectivity index (χ2n) is 6.36. The Kier molecular flexibility index (Phi) is 6.74. The van der Waals surface area contributed by atoms with Crippen LogP contribution in [0.4, 0.5) is 11.4 Å². The van der Waals surface area contributed by atoms with E-state index in [0.29, 0.717) is 18.8 Å². The number of carbonyl (C=O) groups is 3. The van der Waals surface area contributed by atoms with E-state index in [1.807, 2.05) is 44.0 Å². The highest BCUT2D eigenvalue weighted by atomic mass is 16.2. The van der Waals surface area contributed by atoms with E-state index in [-0.39, 0.29) is 11.8 Å². The number of amides is 3. The molecule has 0 aromatic heterocycles. The highest BCUT2D eigenvalue weighted by Gasteiger charge is 2.33. The number of hydrogen-bond acceptors (Lipinski definition) is 5. The molecule has 2 aliphatic heterocycles. The van der Waals surface area contributed by atoms with Crippen molar-refractivity contribution in [2.75, 3.05) is 37.0 Å². The van der Waals surface area contributed by atoms with Crippen LogP contribution in [-0.4, -0.2) is 51.5 Å². The molecule has 2 fully saturated rings. The molecule has 142 valence electrons. The summed E-state index contributed by atoms with van der Waals surface area (Å²) >= 11 is 0. The van der Waals surface area contributed by atoms with Crippen LogP contribution in [-0.2, 0) is 14.4 Å². The first-order valence-corrected chi connectivity index (χ1v) is 9.11. The van der Waals surface area contributed by atoms with Crippen LogP contribution in [0.25, 0.3) is 0 Å². The third-order valence-electron chi connectivity index (χ3n) is 4.84. The van der Waals surface area contributed by atoms with Crippen LogP contribution in [0.15, 0.2) is 18.2 Å². The zero-order valence-corrected chi connectivity index (χ0v) is 15.9. The van der Waals surface area contributed by atoms with Crippen molar-refractivity contribution in [1.82, 2.24) is 10.6 Å². The second-order valence-corrected chi connectivity index (χ2v) is 6.36. The van der Waals surface area contributed by atoms with Crippen LogP contribution in [0.5, 0.6) is 0 Å². The summed E-state index contributed by atoms with van der Waals surface area (Å²) in [5.41, 5.74) is 2.75. The summed E-state index contributed by atoms with van der Waals surface area (Å²) in [5.74, 6) is -0.161. The first-order chi connectivity index (χ1) is 12.5. The van der Waals surface area contributed by atoms with E-state index in [1.54, 1.807) is 11.9 Å². The molecule has 3 rings (SSSR count). The Morgan fingerprint density at radius 1 is 1.15 bits per heavy atom. The van der Waals surface area contributed by atoms with Crippen LogP contribution in [0.3, 0.4) is 0 Å². The Morgan fingerprint density at radius 2 is 1.85 bits per heavy atom. The van der Waals surface area contributed by atoms with Crippen molar-refractivity contribution in [3.63, 3.8) is 0 Å². The Labute approximate surface area is 154 Å². The number of carbonyl (C=O) groups excluding carboxylic acids is 3. The summed E-state index contributed by atoms with van der Waals surface area (Å²) in [7, 11) is 3.56. The number of nitrogens with zero attached hydrogens (tertiary/aromatic N) is 2. The number of para-hydroxylation sites is 1. The molecule has 1 aromatic rings. The second kappa shape index (κ2) is 8.80. The zero-order chi connectivity index (χ0) is 19.3. The van der Waals surface area contributed by atoms with E-state index in [1.165, 1.54) is 0 Å². The molecule has 0 aliphatic carbocycles. The summed E-state index contributed by atoms with van der Waals surface area (Å²) in [5, 5.41) is 5.64. The lowest BCUT2D eigenvalue weighted by Gasteiger charge is -2.36. The third kappa shape index (κ3) is 3.88. The Morgan fingerprint density at radius 3 is 2.38 bits per heavy atom. The minimum absolute atomic E-state index is 0.232. The lowest BCUT2D eigenvalue weighted by Crippen LogP contribution is -2.51. The molecule has 3 amide bonds. The summed E-state index contributed by atoms with van der Waals surface area (Å²) in [6.45, 7) is 5.76. The molecule has 26 heavy (non-hydrogen) atoms. The maximum absolute atomic E-state index is 12.2. The molecule has 0 bridgehead atoms. The molecule has 7 heteroatoms. The molecule has 0 radical (unpaired) electrons. The van der Waals surface area contributed by atoms with Gasteiger partial charge in [-0.25, -0.2) is 0 Å². The molecule has 2 heterocycles. The zero-order valence-electron chi connectivity index (χ0n) is 15.9. The van der Waals surface area contributed by atoms with Gasteiger partial charge in [-0.3, -0.25) is 19.7 Å². The van der Waals surface area contributed by atoms with Gasteiger partial charge in [0.1, 0.15) is 6.04 Å². The standard InChI is InChI=1S/C17H22N4O3.C2H6/c1-20(10-22)16-12(11-8-18-9-11)4-3-5-13(16)21(2)14-6-7-15(23)19-17(14)24;1-2/h3-5,10-11,14,18H,6-9H2,1-2H3,(H,19,23,24);1-2H3. The molecular formula is C19H28N4O3. The fourth-order valence-electron chi connectivity index (χ4n) is 3.33. The summed E-state index contributed by atoms with van der Waals surface area (Å²) in [4.78, 5) is 38.4. The molecule has 0 spiro atoms. The van der Waals surface area contributed by atoms with Gasteiger partial charge in [0, 0.05) is 39.5 Å². The molecule has 1 atom stereocenters. The van der Waals surface area contributed by atoms with Crippen LogP contribution in [0.1, 0.15) is 38.2 Å². The Bertz CT molecular complexity index is 673.